The van der Waals surface area contributed by atoms with E-state index in [-0.39, 0.29) is 10.8 Å². The zero-order valence-corrected chi connectivity index (χ0v) is 16.2. The molecule has 1 fully saturated rings. The summed E-state index contributed by atoms with van der Waals surface area (Å²) in [6, 6.07) is 0. The van der Waals surface area contributed by atoms with Gasteiger partial charge in [0.1, 0.15) is 21.7 Å². The summed E-state index contributed by atoms with van der Waals surface area (Å²) in [7, 11) is 0. The van der Waals surface area contributed by atoms with Crippen LogP contribution in [0.4, 0.5) is 4.79 Å². The van der Waals surface area contributed by atoms with Gasteiger partial charge in [0.2, 0.25) is 0 Å². The Labute approximate surface area is 144 Å². The van der Waals surface area contributed by atoms with Gasteiger partial charge < -0.3 is 14.2 Å². The number of rotatable bonds is 4. The summed E-state index contributed by atoms with van der Waals surface area (Å²) in [5.41, 5.74) is -0.451. The molecule has 134 valence electrons. The molecule has 0 aromatic rings. The van der Waals surface area contributed by atoms with Crippen molar-refractivity contribution in [2.45, 2.75) is 77.6 Å². The summed E-state index contributed by atoms with van der Waals surface area (Å²) < 4.78 is 21.1. The van der Waals surface area contributed by atoms with E-state index in [2.05, 4.69) is 4.40 Å². The first kappa shape index (κ1) is 20.3. The smallest absolute Gasteiger partial charge is 0.410 e. The van der Waals surface area contributed by atoms with E-state index in [9.17, 15) is 9.35 Å². The summed E-state index contributed by atoms with van der Waals surface area (Å²) in [4.78, 5) is 13.9. The quantitative estimate of drug-likeness (QED) is 0.573. The van der Waals surface area contributed by atoms with E-state index < -0.39 is 17.0 Å². The number of likely N-dealkylation sites (tertiary alicyclic amines) is 1. The Morgan fingerprint density at radius 3 is 2.57 bits per heavy atom. The molecule has 23 heavy (non-hydrogen) atoms. The van der Waals surface area contributed by atoms with Gasteiger partial charge in [0.05, 0.1) is 6.21 Å². The molecule has 1 aliphatic rings. The molecule has 0 N–H and O–H groups in total. The summed E-state index contributed by atoms with van der Waals surface area (Å²) in [5.74, 6) is 0.464. The van der Waals surface area contributed by atoms with Crippen LogP contribution in [-0.2, 0) is 16.1 Å². The molecule has 0 aliphatic carbocycles. The van der Waals surface area contributed by atoms with Crippen LogP contribution in [0, 0.1) is 5.92 Å². The molecule has 2 atom stereocenters. The first-order chi connectivity index (χ1) is 10.5. The van der Waals surface area contributed by atoms with Crippen molar-refractivity contribution in [1.82, 2.24) is 4.90 Å². The first-order valence-corrected chi connectivity index (χ1v) is 9.52. The van der Waals surface area contributed by atoms with Gasteiger partial charge in [0.15, 0.2) is 0 Å². The summed E-state index contributed by atoms with van der Waals surface area (Å²) in [5, 5.41) is 0. The normalized spacial score (nSPS) is 21.5. The monoisotopic (exact) mass is 344 g/mol. The molecule has 2 unspecified atom stereocenters. The van der Waals surface area contributed by atoms with Gasteiger partial charge in [0, 0.05) is 13.1 Å². The van der Waals surface area contributed by atoms with Crippen molar-refractivity contribution in [3.63, 3.8) is 0 Å². The second-order valence-electron chi connectivity index (χ2n) is 8.16. The van der Waals surface area contributed by atoms with Crippen LogP contribution in [0.15, 0.2) is 4.40 Å². The Hall–Kier alpha value is -0.750. The van der Waals surface area contributed by atoms with E-state index in [1.54, 1.807) is 6.21 Å². The van der Waals surface area contributed by atoms with Gasteiger partial charge >= 0.3 is 6.09 Å². The Balaban J connectivity index is 2.39. The van der Waals surface area contributed by atoms with E-state index in [1.807, 2.05) is 46.4 Å². The number of hydrogen-bond donors (Lipinski definition) is 0. The van der Waals surface area contributed by atoms with Gasteiger partial charge in [-0.3, -0.25) is 0 Å². The largest absolute Gasteiger partial charge is 0.591 e. The van der Waals surface area contributed by atoms with Crippen molar-refractivity contribution in [1.29, 1.82) is 0 Å². The maximum Gasteiger partial charge on any atom is 0.410 e. The molecule has 5 nitrogen and oxygen atoms in total. The lowest BCUT2D eigenvalue weighted by molar-refractivity contribution is 0.0163. The lowest BCUT2D eigenvalue weighted by Crippen LogP contribution is -2.42. The van der Waals surface area contributed by atoms with Crippen molar-refractivity contribution in [2.75, 3.05) is 13.1 Å². The molecular weight excluding hydrogens is 312 g/mol. The number of hydrogen-bond acceptors (Lipinski definition) is 4. The lowest BCUT2D eigenvalue weighted by atomic mass is 9.94. The van der Waals surface area contributed by atoms with Crippen molar-refractivity contribution in [3.8, 4) is 0 Å². The second-order valence-corrected chi connectivity index (χ2v) is 10.1. The van der Waals surface area contributed by atoms with E-state index in [0.717, 1.165) is 38.8 Å². The number of piperidine rings is 1. The van der Waals surface area contributed by atoms with Crippen LogP contribution in [0.3, 0.4) is 0 Å². The molecule has 0 spiro atoms. The first-order valence-electron chi connectivity index (χ1n) is 8.41. The van der Waals surface area contributed by atoms with Gasteiger partial charge in [-0.1, -0.05) is 4.40 Å². The van der Waals surface area contributed by atoms with Crippen molar-refractivity contribution in [3.05, 3.63) is 0 Å². The minimum absolute atomic E-state index is 0.218. The predicted octanol–water partition coefficient (Wildman–Crippen LogP) is 3.95. The molecule has 6 heteroatoms. The number of nitrogens with zero attached hydrogens (tertiary/aromatic N) is 2. The van der Waals surface area contributed by atoms with Crippen LogP contribution in [0.25, 0.3) is 0 Å². The van der Waals surface area contributed by atoms with Gasteiger partial charge in [-0.05, 0) is 73.1 Å². The number of amides is 1. The summed E-state index contributed by atoms with van der Waals surface area (Å²) >= 11 is -1.18. The molecule has 1 rings (SSSR count). The fourth-order valence-electron chi connectivity index (χ4n) is 2.38. The van der Waals surface area contributed by atoms with Crippen LogP contribution >= 0.6 is 0 Å². The number of carbonyl (C=O) groups excluding carboxylic acids is 1. The van der Waals surface area contributed by atoms with Gasteiger partial charge in [-0.25, -0.2) is 4.79 Å². The average molecular weight is 345 g/mol. The molecule has 0 bridgehead atoms. The Bertz CT molecular complexity index is 413. The lowest BCUT2D eigenvalue weighted by Gasteiger charge is -2.34. The maximum absolute atomic E-state index is 12.1. The zero-order chi connectivity index (χ0) is 17.7. The zero-order valence-electron chi connectivity index (χ0n) is 15.4. The molecular formula is C17H32N2O3S. The maximum atomic E-state index is 12.1. The van der Waals surface area contributed by atoms with E-state index in [4.69, 9.17) is 4.74 Å². The molecule has 1 saturated heterocycles. The van der Waals surface area contributed by atoms with Crippen LogP contribution in [0.1, 0.15) is 67.2 Å². The van der Waals surface area contributed by atoms with Gasteiger partial charge in [-0.15, -0.1) is 0 Å². The Morgan fingerprint density at radius 1 is 1.35 bits per heavy atom. The highest BCUT2D eigenvalue weighted by atomic mass is 32.2. The van der Waals surface area contributed by atoms with E-state index in [0.29, 0.717) is 5.92 Å². The summed E-state index contributed by atoms with van der Waals surface area (Å²) in [6.07, 6.45) is 5.45. The van der Waals surface area contributed by atoms with E-state index >= 15 is 0 Å². The highest BCUT2D eigenvalue weighted by molar-refractivity contribution is 7.91. The van der Waals surface area contributed by atoms with Crippen molar-refractivity contribution < 1.29 is 14.1 Å². The van der Waals surface area contributed by atoms with Crippen molar-refractivity contribution in [2.24, 2.45) is 10.3 Å². The standard InChI is InChI=1S/C17H32N2O3S/c1-16(2,3)22-15(20)19-12-8-10-14(13-19)9-7-11-18-23(21)17(4,5)6/h11,14H,7-10,12-13H2,1-6H3/b18-11+. The van der Waals surface area contributed by atoms with Gasteiger partial charge in [-0.2, -0.15) is 0 Å². The topological polar surface area (TPSA) is 65.0 Å². The Kier molecular flexibility index (Phi) is 7.39. The number of ether oxygens (including phenoxy) is 1. The molecule has 1 amide bonds. The SMILES string of the molecule is CC(C)(C)OC(=O)N1CCCC(CC/C=N/[S+]([O-])C(C)(C)C)C1. The fourth-order valence-corrected chi connectivity index (χ4v) is 2.94. The summed E-state index contributed by atoms with van der Waals surface area (Å²) in [6.45, 7) is 12.9. The third-order valence-corrected chi connectivity index (χ3v) is 4.96. The fraction of sp³-hybridized carbons (Fsp3) is 0.882. The molecule has 0 aromatic heterocycles. The van der Waals surface area contributed by atoms with Crippen LogP contribution in [-0.4, -0.2) is 45.2 Å². The predicted molar refractivity (Wildman–Crippen MR) is 96.2 cm³/mol. The highest BCUT2D eigenvalue weighted by Crippen LogP contribution is 2.23. The minimum Gasteiger partial charge on any atom is -0.591 e. The third-order valence-electron chi connectivity index (χ3n) is 3.57. The molecule has 1 heterocycles. The van der Waals surface area contributed by atoms with Gasteiger partial charge in [0.25, 0.3) is 0 Å². The van der Waals surface area contributed by atoms with Crippen LogP contribution in [0.2, 0.25) is 0 Å². The Morgan fingerprint density at radius 2 is 2.00 bits per heavy atom. The number of carbonyl (C=O) groups is 1. The van der Waals surface area contributed by atoms with E-state index in [1.165, 1.54) is 0 Å². The molecule has 1 aliphatic heterocycles. The average Bonchev–Trinajstić information content (AvgIpc) is 2.40. The minimum atomic E-state index is -1.18. The highest BCUT2D eigenvalue weighted by Gasteiger charge is 2.28. The molecule has 0 saturated carbocycles. The molecule has 0 aromatic carbocycles. The van der Waals surface area contributed by atoms with Crippen molar-refractivity contribution >= 4 is 23.7 Å². The van der Waals surface area contributed by atoms with Crippen LogP contribution < -0.4 is 0 Å². The third kappa shape index (κ3) is 8.06. The second kappa shape index (κ2) is 8.38. The van der Waals surface area contributed by atoms with Crippen LogP contribution in [0.5, 0.6) is 0 Å². The molecule has 0 radical (unpaired) electrons.